The lowest BCUT2D eigenvalue weighted by atomic mass is 9.96. The van der Waals surface area contributed by atoms with Gasteiger partial charge in [0.1, 0.15) is 12.1 Å². The number of carbonyl (C=O) groups excluding carboxylic acids is 1. The van der Waals surface area contributed by atoms with Gasteiger partial charge in [0.25, 0.3) is 5.91 Å². The van der Waals surface area contributed by atoms with Crippen LogP contribution in [0.4, 0.5) is 5.82 Å². The number of amides is 1. The largest absolute Gasteiger partial charge is 0.383 e. The fourth-order valence-corrected chi connectivity index (χ4v) is 2.81. The first-order valence-electron chi connectivity index (χ1n) is 8.04. The fourth-order valence-electron chi connectivity index (χ4n) is 2.81. The van der Waals surface area contributed by atoms with E-state index in [1.54, 1.807) is 0 Å². The predicted octanol–water partition coefficient (Wildman–Crippen LogP) is 3.08. The van der Waals surface area contributed by atoms with Crippen LogP contribution in [0, 0.1) is 6.92 Å². The Balaban J connectivity index is 1.77. The Morgan fingerprint density at radius 2 is 2.00 bits per heavy atom. The van der Waals surface area contributed by atoms with Gasteiger partial charge >= 0.3 is 0 Å². The Hall–Kier alpha value is -2.95. The van der Waals surface area contributed by atoms with Crippen LogP contribution >= 0.6 is 0 Å². The number of hydrogen-bond donors (Lipinski definition) is 2. The number of aromatic nitrogens is 2. The molecule has 24 heavy (non-hydrogen) atoms. The van der Waals surface area contributed by atoms with E-state index >= 15 is 0 Å². The molecule has 1 saturated carbocycles. The van der Waals surface area contributed by atoms with Gasteiger partial charge in [0.05, 0.1) is 5.52 Å². The minimum atomic E-state index is -0.0117. The second-order valence-corrected chi connectivity index (χ2v) is 6.27. The molecule has 5 nitrogen and oxygen atoms in total. The van der Waals surface area contributed by atoms with Crippen molar-refractivity contribution in [3.05, 3.63) is 53.9 Å². The minimum Gasteiger partial charge on any atom is -0.383 e. The molecule has 1 aliphatic rings. The summed E-state index contributed by atoms with van der Waals surface area (Å²) in [4.78, 5) is 20.6. The maximum Gasteiger partial charge on any atom is 0.251 e. The van der Waals surface area contributed by atoms with E-state index < -0.39 is 0 Å². The van der Waals surface area contributed by atoms with Crippen molar-refractivity contribution in [2.45, 2.75) is 25.8 Å². The van der Waals surface area contributed by atoms with E-state index in [1.165, 1.54) is 6.33 Å². The maximum atomic E-state index is 12.3. The lowest BCUT2D eigenvalue weighted by Gasteiger charge is -2.11. The Labute approximate surface area is 139 Å². The van der Waals surface area contributed by atoms with Gasteiger partial charge < -0.3 is 11.1 Å². The van der Waals surface area contributed by atoms with Gasteiger partial charge in [0.2, 0.25) is 0 Å². The highest BCUT2D eigenvalue weighted by atomic mass is 16.1. The second-order valence-electron chi connectivity index (χ2n) is 6.27. The molecule has 0 bridgehead atoms. The number of aryl methyl sites for hydroxylation is 1. The van der Waals surface area contributed by atoms with Crippen molar-refractivity contribution in [2.75, 3.05) is 5.73 Å². The summed E-state index contributed by atoms with van der Waals surface area (Å²) in [6.07, 6.45) is 3.62. The predicted molar refractivity (Wildman–Crippen MR) is 94.6 cm³/mol. The van der Waals surface area contributed by atoms with Crippen molar-refractivity contribution in [2.24, 2.45) is 0 Å². The standard InChI is InChI=1S/C19H18N4O/c1-11-2-3-13(19(24)23-14-5-6-14)9-15(11)12-4-7-17-16(8-12)18(20)22-10-21-17/h2-4,7-10,14H,5-6H2,1H3,(H,23,24)(H2,20,21,22). The summed E-state index contributed by atoms with van der Waals surface area (Å²) in [5, 5.41) is 3.85. The molecule has 4 rings (SSSR count). The van der Waals surface area contributed by atoms with Gasteiger partial charge in [-0.15, -0.1) is 0 Å². The number of carbonyl (C=O) groups is 1. The molecule has 3 aromatic rings. The van der Waals surface area contributed by atoms with E-state index in [2.05, 4.69) is 15.3 Å². The van der Waals surface area contributed by atoms with Crippen LogP contribution in [0.25, 0.3) is 22.0 Å². The van der Waals surface area contributed by atoms with Crippen molar-refractivity contribution in [1.29, 1.82) is 0 Å². The van der Waals surface area contributed by atoms with Gasteiger partial charge in [-0.05, 0) is 60.7 Å². The molecule has 0 radical (unpaired) electrons. The van der Waals surface area contributed by atoms with E-state index in [0.717, 1.165) is 40.4 Å². The molecule has 1 aliphatic carbocycles. The first kappa shape index (κ1) is 14.6. The van der Waals surface area contributed by atoms with Crippen LogP contribution in [0.3, 0.4) is 0 Å². The highest BCUT2D eigenvalue weighted by molar-refractivity contribution is 5.97. The molecule has 120 valence electrons. The van der Waals surface area contributed by atoms with Crippen LogP contribution in [0.2, 0.25) is 0 Å². The summed E-state index contributed by atoms with van der Waals surface area (Å²) in [7, 11) is 0. The summed E-state index contributed by atoms with van der Waals surface area (Å²) in [6, 6.07) is 12.0. The molecule has 3 N–H and O–H groups in total. The minimum absolute atomic E-state index is 0.0117. The van der Waals surface area contributed by atoms with Crippen LogP contribution in [-0.2, 0) is 0 Å². The molecule has 0 aliphatic heterocycles. The maximum absolute atomic E-state index is 12.3. The molecule has 0 unspecified atom stereocenters. The van der Waals surface area contributed by atoms with Crippen LogP contribution in [0.15, 0.2) is 42.7 Å². The summed E-state index contributed by atoms with van der Waals surface area (Å²) < 4.78 is 0. The van der Waals surface area contributed by atoms with Gasteiger partial charge in [0.15, 0.2) is 0 Å². The Kier molecular flexibility index (Phi) is 3.41. The summed E-state index contributed by atoms with van der Waals surface area (Å²) in [6.45, 7) is 2.03. The number of anilines is 1. The second kappa shape index (κ2) is 5.60. The van der Waals surface area contributed by atoms with Gasteiger partial charge in [-0.3, -0.25) is 4.79 Å². The number of nitrogen functional groups attached to an aromatic ring is 1. The monoisotopic (exact) mass is 318 g/mol. The van der Waals surface area contributed by atoms with E-state index in [4.69, 9.17) is 5.73 Å². The third-order valence-electron chi connectivity index (χ3n) is 4.39. The lowest BCUT2D eigenvalue weighted by molar-refractivity contribution is 0.0951. The zero-order valence-corrected chi connectivity index (χ0v) is 13.4. The number of fused-ring (bicyclic) bond motifs is 1. The number of benzene rings is 2. The van der Waals surface area contributed by atoms with Crippen LogP contribution in [0.5, 0.6) is 0 Å². The Bertz CT molecular complexity index is 947. The number of hydrogen-bond acceptors (Lipinski definition) is 4. The molecule has 0 spiro atoms. The smallest absolute Gasteiger partial charge is 0.251 e. The van der Waals surface area contributed by atoms with Crippen LogP contribution < -0.4 is 11.1 Å². The van der Waals surface area contributed by atoms with Crippen molar-refractivity contribution in [3.63, 3.8) is 0 Å². The molecule has 0 atom stereocenters. The molecule has 5 heteroatoms. The third-order valence-corrected chi connectivity index (χ3v) is 4.39. The van der Waals surface area contributed by atoms with Gasteiger partial charge in [-0.1, -0.05) is 12.1 Å². The molecule has 1 amide bonds. The highest BCUT2D eigenvalue weighted by Gasteiger charge is 2.24. The average Bonchev–Trinajstić information content (AvgIpc) is 3.39. The average molecular weight is 318 g/mol. The molecule has 0 saturated heterocycles. The molecule has 1 fully saturated rings. The third kappa shape index (κ3) is 2.69. The number of rotatable bonds is 3. The van der Waals surface area contributed by atoms with E-state index in [9.17, 15) is 4.79 Å². The lowest BCUT2D eigenvalue weighted by Crippen LogP contribution is -2.25. The Morgan fingerprint density at radius 3 is 2.79 bits per heavy atom. The van der Waals surface area contributed by atoms with Crippen molar-refractivity contribution < 1.29 is 4.79 Å². The summed E-state index contributed by atoms with van der Waals surface area (Å²) in [5.74, 6) is 0.449. The van der Waals surface area contributed by atoms with Crippen molar-refractivity contribution in [1.82, 2.24) is 15.3 Å². The van der Waals surface area contributed by atoms with Crippen LogP contribution in [-0.4, -0.2) is 21.9 Å². The van der Waals surface area contributed by atoms with E-state index in [-0.39, 0.29) is 5.91 Å². The summed E-state index contributed by atoms with van der Waals surface area (Å²) in [5.41, 5.74) is 10.6. The van der Waals surface area contributed by atoms with Gasteiger partial charge in [0, 0.05) is 17.0 Å². The van der Waals surface area contributed by atoms with Crippen LogP contribution in [0.1, 0.15) is 28.8 Å². The summed E-state index contributed by atoms with van der Waals surface area (Å²) >= 11 is 0. The normalized spacial score (nSPS) is 13.9. The van der Waals surface area contributed by atoms with Gasteiger partial charge in [-0.25, -0.2) is 9.97 Å². The number of nitrogens with one attached hydrogen (secondary N) is 1. The van der Waals surface area contributed by atoms with Crippen molar-refractivity contribution in [3.8, 4) is 11.1 Å². The number of nitrogens with zero attached hydrogens (tertiary/aromatic N) is 2. The van der Waals surface area contributed by atoms with Crippen molar-refractivity contribution >= 4 is 22.6 Å². The first-order valence-corrected chi connectivity index (χ1v) is 8.04. The zero-order valence-electron chi connectivity index (χ0n) is 13.4. The van der Waals surface area contributed by atoms with E-state index in [1.807, 2.05) is 43.3 Å². The molecule has 1 heterocycles. The van der Waals surface area contributed by atoms with E-state index in [0.29, 0.717) is 17.4 Å². The first-order chi connectivity index (χ1) is 11.6. The topological polar surface area (TPSA) is 80.9 Å². The fraction of sp³-hybridized carbons (Fsp3) is 0.211. The Morgan fingerprint density at radius 1 is 1.17 bits per heavy atom. The molecule has 1 aromatic heterocycles. The number of nitrogens with two attached hydrogens (primary N) is 1. The molecule has 2 aromatic carbocycles. The molecular weight excluding hydrogens is 300 g/mol. The molecular formula is C19H18N4O. The quantitative estimate of drug-likeness (QED) is 0.777. The zero-order chi connectivity index (χ0) is 16.7. The van der Waals surface area contributed by atoms with Gasteiger partial charge in [-0.2, -0.15) is 0 Å². The SMILES string of the molecule is Cc1ccc(C(=O)NC2CC2)cc1-c1ccc2ncnc(N)c2c1. The highest BCUT2D eigenvalue weighted by Crippen LogP contribution is 2.29.